The molecular formula is C17H22N4O2S. The van der Waals surface area contributed by atoms with E-state index in [1.807, 2.05) is 30.6 Å². The Morgan fingerprint density at radius 3 is 2.38 bits per heavy atom. The van der Waals surface area contributed by atoms with Crippen LogP contribution < -0.4 is 0 Å². The molecular weight excluding hydrogens is 324 g/mol. The van der Waals surface area contributed by atoms with Crippen molar-refractivity contribution in [1.82, 2.24) is 19.8 Å². The second kappa shape index (κ2) is 6.47. The minimum absolute atomic E-state index is 0.0398. The zero-order valence-corrected chi connectivity index (χ0v) is 15.4. The van der Waals surface area contributed by atoms with E-state index in [9.17, 15) is 9.59 Å². The van der Waals surface area contributed by atoms with Gasteiger partial charge < -0.3 is 9.80 Å². The highest BCUT2D eigenvalue weighted by Gasteiger charge is 2.25. The maximum atomic E-state index is 13.0. The number of nitrogens with zero attached hydrogens (tertiary/aromatic N) is 4. The zero-order chi connectivity index (χ0) is 17.4. The first-order chi connectivity index (χ1) is 11.4. The predicted octanol–water partition coefficient (Wildman–Crippen LogP) is 2.31. The van der Waals surface area contributed by atoms with Crippen LogP contribution in [0.25, 0.3) is 10.2 Å². The minimum Gasteiger partial charge on any atom is -0.341 e. The molecule has 0 spiro atoms. The van der Waals surface area contributed by atoms with E-state index in [1.165, 1.54) is 11.3 Å². The fourth-order valence-electron chi connectivity index (χ4n) is 3.26. The molecule has 1 saturated heterocycles. The normalized spacial score (nSPS) is 15.7. The van der Waals surface area contributed by atoms with E-state index in [0.29, 0.717) is 26.2 Å². The van der Waals surface area contributed by atoms with Gasteiger partial charge in [0.05, 0.1) is 4.88 Å². The molecule has 2 aromatic heterocycles. The molecule has 0 radical (unpaired) electrons. The predicted molar refractivity (Wildman–Crippen MR) is 94.4 cm³/mol. The van der Waals surface area contributed by atoms with Gasteiger partial charge in [-0.15, -0.1) is 11.3 Å². The number of rotatable bonds is 1. The maximum absolute atomic E-state index is 13.0. The number of carbonyl (C=O) groups excluding carboxylic acids is 2. The number of carbonyl (C=O) groups is 2. The lowest BCUT2D eigenvalue weighted by Gasteiger charge is -2.21. The van der Waals surface area contributed by atoms with E-state index in [2.05, 4.69) is 9.97 Å². The summed E-state index contributed by atoms with van der Waals surface area (Å²) in [6, 6.07) is 0. The van der Waals surface area contributed by atoms with Gasteiger partial charge >= 0.3 is 0 Å². The molecule has 3 rings (SSSR count). The summed E-state index contributed by atoms with van der Waals surface area (Å²) >= 11 is 1.45. The first-order valence-corrected chi connectivity index (χ1v) is 8.99. The van der Waals surface area contributed by atoms with E-state index < -0.39 is 0 Å². The van der Waals surface area contributed by atoms with Gasteiger partial charge in [0.2, 0.25) is 5.91 Å². The zero-order valence-electron chi connectivity index (χ0n) is 14.5. The summed E-state index contributed by atoms with van der Waals surface area (Å²) in [5.41, 5.74) is 1.88. The summed E-state index contributed by atoms with van der Waals surface area (Å²) in [7, 11) is 0. The van der Waals surface area contributed by atoms with Gasteiger partial charge in [0.1, 0.15) is 10.7 Å². The topological polar surface area (TPSA) is 66.4 Å². The van der Waals surface area contributed by atoms with Gasteiger partial charge in [0.25, 0.3) is 5.91 Å². The molecule has 1 aliphatic heterocycles. The van der Waals surface area contributed by atoms with E-state index in [0.717, 1.165) is 38.6 Å². The molecule has 128 valence electrons. The molecule has 1 fully saturated rings. The highest BCUT2D eigenvalue weighted by molar-refractivity contribution is 7.20. The Morgan fingerprint density at radius 1 is 1.00 bits per heavy atom. The van der Waals surface area contributed by atoms with E-state index in [-0.39, 0.29) is 11.8 Å². The monoisotopic (exact) mass is 346 g/mol. The average molecular weight is 346 g/mol. The standard InChI is InChI=1S/C17H22N4O2S/c1-10-14-11(2)18-12(3)19-16(14)24-15(10)17(23)21-7-5-6-20(8-9-21)13(4)22/h5-9H2,1-4H3. The van der Waals surface area contributed by atoms with E-state index in [1.54, 1.807) is 6.92 Å². The van der Waals surface area contributed by atoms with Crippen LogP contribution in [0, 0.1) is 20.8 Å². The van der Waals surface area contributed by atoms with Gasteiger partial charge in [-0.1, -0.05) is 0 Å². The van der Waals surface area contributed by atoms with Gasteiger partial charge in [-0.3, -0.25) is 9.59 Å². The smallest absolute Gasteiger partial charge is 0.264 e. The molecule has 0 unspecified atom stereocenters. The Bertz CT molecular complexity index is 815. The van der Waals surface area contributed by atoms with Crippen LogP contribution in [0.3, 0.4) is 0 Å². The van der Waals surface area contributed by atoms with Crippen molar-refractivity contribution < 1.29 is 9.59 Å². The lowest BCUT2D eigenvalue weighted by molar-refractivity contribution is -0.128. The van der Waals surface area contributed by atoms with Crippen molar-refractivity contribution in [3.8, 4) is 0 Å². The van der Waals surface area contributed by atoms with Gasteiger partial charge in [-0.05, 0) is 32.8 Å². The summed E-state index contributed by atoms with van der Waals surface area (Å²) in [5.74, 6) is 0.841. The van der Waals surface area contributed by atoms with Gasteiger partial charge in [-0.2, -0.15) is 0 Å². The molecule has 0 atom stereocenters. The summed E-state index contributed by atoms with van der Waals surface area (Å²) in [4.78, 5) is 38.7. The Labute approximate surface area is 145 Å². The van der Waals surface area contributed by atoms with Gasteiger partial charge in [-0.25, -0.2) is 9.97 Å². The number of thiophene rings is 1. The summed E-state index contributed by atoms with van der Waals surface area (Å²) in [6.07, 6.45) is 0.813. The number of amides is 2. The Kier molecular flexibility index (Phi) is 4.54. The third-order valence-corrected chi connectivity index (χ3v) is 5.68. The van der Waals surface area contributed by atoms with Crippen molar-refractivity contribution in [3.63, 3.8) is 0 Å². The van der Waals surface area contributed by atoms with Crippen LogP contribution >= 0.6 is 11.3 Å². The van der Waals surface area contributed by atoms with Crippen LogP contribution in [0.1, 0.15) is 40.1 Å². The molecule has 0 aliphatic carbocycles. The molecule has 24 heavy (non-hydrogen) atoms. The number of aromatic nitrogens is 2. The van der Waals surface area contributed by atoms with Gasteiger partial charge in [0.15, 0.2) is 0 Å². The lowest BCUT2D eigenvalue weighted by Crippen LogP contribution is -2.36. The van der Waals surface area contributed by atoms with E-state index in [4.69, 9.17) is 0 Å². The summed E-state index contributed by atoms with van der Waals surface area (Å²) < 4.78 is 0. The maximum Gasteiger partial charge on any atom is 0.264 e. The molecule has 1 aliphatic rings. The molecule has 0 aromatic carbocycles. The molecule has 3 heterocycles. The van der Waals surface area contributed by atoms with Crippen molar-refractivity contribution in [2.75, 3.05) is 26.2 Å². The van der Waals surface area contributed by atoms with Crippen molar-refractivity contribution in [2.24, 2.45) is 0 Å². The second-order valence-electron chi connectivity index (χ2n) is 6.24. The molecule has 0 bridgehead atoms. The van der Waals surface area contributed by atoms with Crippen LogP contribution in [0.4, 0.5) is 0 Å². The first kappa shape index (κ1) is 16.8. The largest absolute Gasteiger partial charge is 0.341 e. The molecule has 7 heteroatoms. The molecule has 0 saturated carbocycles. The van der Waals surface area contributed by atoms with Crippen molar-refractivity contribution in [2.45, 2.75) is 34.1 Å². The highest BCUT2D eigenvalue weighted by Crippen LogP contribution is 2.32. The van der Waals surface area contributed by atoms with Crippen LogP contribution in [0.5, 0.6) is 0 Å². The second-order valence-corrected chi connectivity index (χ2v) is 7.24. The van der Waals surface area contributed by atoms with Crippen LogP contribution in [-0.2, 0) is 4.79 Å². The molecule has 2 amide bonds. The Hall–Kier alpha value is -2.02. The number of hydrogen-bond acceptors (Lipinski definition) is 5. The molecule has 0 N–H and O–H groups in total. The number of fused-ring (bicyclic) bond motifs is 1. The minimum atomic E-state index is 0.0398. The first-order valence-electron chi connectivity index (χ1n) is 8.17. The molecule has 2 aromatic rings. The quantitative estimate of drug-likeness (QED) is 0.795. The third-order valence-electron chi connectivity index (χ3n) is 4.51. The number of hydrogen-bond donors (Lipinski definition) is 0. The molecule has 6 nitrogen and oxygen atoms in total. The van der Waals surface area contributed by atoms with E-state index >= 15 is 0 Å². The van der Waals surface area contributed by atoms with Crippen molar-refractivity contribution >= 4 is 33.4 Å². The fourth-order valence-corrected chi connectivity index (χ4v) is 4.50. The Balaban J connectivity index is 1.90. The summed E-state index contributed by atoms with van der Waals surface area (Å²) in [6.45, 7) is 9.96. The van der Waals surface area contributed by atoms with Gasteiger partial charge in [0, 0.05) is 44.2 Å². The lowest BCUT2D eigenvalue weighted by atomic mass is 10.1. The third kappa shape index (κ3) is 3.00. The fraction of sp³-hybridized carbons (Fsp3) is 0.529. The SMILES string of the molecule is CC(=O)N1CCCN(C(=O)c2sc3nc(C)nc(C)c3c2C)CC1. The van der Waals surface area contributed by atoms with Crippen LogP contribution in [0.15, 0.2) is 0 Å². The summed E-state index contributed by atoms with van der Waals surface area (Å²) in [5, 5.41) is 0.995. The van der Waals surface area contributed by atoms with Crippen molar-refractivity contribution in [1.29, 1.82) is 0 Å². The van der Waals surface area contributed by atoms with Crippen molar-refractivity contribution in [3.05, 3.63) is 22.0 Å². The van der Waals surface area contributed by atoms with Crippen LogP contribution in [-0.4, -0.2) is 57.8 Å². The highest BCUT2D eigenvalue weighted by atomic mass is 32.1. The Morgan fingerprint density at radius 2 is 1.67 bits per heavy atom. The van der Waals surface area contributed by atoms with Crippen LogP contribution in [0.2, 0.25) is 0 Å². The number of aryl methyl sites for hydroxylation is 3. The average Bonchev–Trinajstić information content (AvgIpc) is 2.71.